The smallest absolute Gasteiger partial charge is 0.117 e. The summed E-state index contributed by atoms with van der Waals surface area (Å²) < 4.78 is 5.53. The topological polar surface area (TPSA) is 28.4 Å². The molecule has 0 aliphatic carbocycles. The van der Waals surface area contributed by atoms with Crippen molar-refractivity contribution >= 4 is 0 Å². The van der Waals surface area contributed by atoms with Crippen molar-refractivity contribution in [3.05, 3.63) is 23.7 Å². The molecule has 0 aliphatic heterocycles. The van der Waals surface area contributed by atoms with Gasteiger partial charge in [-0.05, 0) is 45.5 Å². The normalized spacial score (nSPS) is 13.6. The monoisotopic (exact) mass is 238 g/mol. The summed E-state index contributed by atoms with van der Waals surface area (Å²) in [6.45, 7) is 8.34. The number of hydrogen-bond donors (Lipinski definition) is 1. The molecule has 1 N–H and O–H groups in total. The third-order valence-corrected chi connectivity index (χ3v) is 2.95. The quantitative estimate of drug-likeness (QED) is 0.791. The summed E-state index contributed by atoms with van der Waals surface area (Å²) in [6, 6.07) is 4.63. The third kappa shape index (κ3) is 5.37. The van der Waals surface area contributed by atoms with E-state index in [2.05, 4.69) is 38.2 Å². The lowest BCUT2D eigenvalue weighted by atomic mass is 10.0. The first-order valence-corrected chi connectivity index (χ1v) is 6.41. The van der Waals surface area contributed by atoms with Gasteiger partial charge in [0.15, 0.2) is 0 Å². The molecular weight excluding hydrogens is 212 g/mol. The van der Waals surface area contributed by atoms with Crippen LogP contribution in [0, 0.1) is 12.8 Å². The van der Waals surface area contributed by atoms with Gasteiger partial charge in [-0.2, -0.15) is 0 Å². The van der Waals surface area contributed by atoms with E-state index in [-0.39, 0.29) is 0 Å². The van der Waals surface area contributed by atoms with Crippen LogP contribution in [0.15, 0.2) is 16.5 Å². The first-order chi connectivity index (χ1) is 7.99. The van der Waals surface area contributed by atoms with Gasteiger partial charge in [0.05, 0.1) is 6.54 Å². The van der Waals surface area contributed by atoms with Crippen LogP contribution in [0.3, 0.4) is 0 Å². The van der Waals surface area contributed by atoms with E-state index in [9.17, 15) is 0 Å². The molecule has 1 heterocycles. The number of nitrogens with one attached hydrogen (secondary N) is 1. The van der Waals surface area contributed by atoms with Crippen LogP contribution in [0.4, 0.5) is 0 Å². The molecule has 1 atom stereocenters. The largest absolute Gasteiger partial charge is 0.465 e. The second-order valence-corrected chi connectivity index (χ2v) is 5.39. The molecule has 17 heavy (non-hydrogen) atoms. The van der Waals surface area contributed by atoms with E-state index in [1.54, 1.807) is 0 Å². The number of furan rings is 1. The van der Waals surface area contributed by atoms with Crippen LogP contribution >= 0.6 is 0 Å². The predicted octanol–water partition coefficient (Wildman–Crippen LogP) is 2.65. The van der Waals surface area contributed by atoms with E-state index in [0.29, 0.717) is 6.04 Å². The van der Waals surface area contributed by atoms with Gasteiger partial charge in [-0.3, -0.25) is 0 Å². The van der Waals surface area contributed by atoms with Crippen LogP contribution in [0.5, 0.6) is 0 Å². The minimum Gasteiger partial charge on any atom is -0.465 e. The minimum absolute atomic E-state index is 0.589. The summed E-state index contributed by atoms with van der Waals surface area (Å²) in [5, 5.41) is 3.47. The van der Waals surface area contributed by atoms with Crippen molar-refractivity contribution in [2.24, 2.45) is 5.92 Å². The zero-order chi connectivity index (χ0) is 12.8. The van der Waals surface area contributed by atoms with Gasteiger partial charge in [0.25, 0.3) is 0 Å². The zero-order valence-corrected chi connectivity index (χ0v) is 11.8. The molecule has 1 aromatic heterocycles. The highest BCUT2D eigenvalue weighted by Gasteiger charge is 2.12. The Bertz CT molecular complexity index is 318. The van der Waals surface area contributed by atoms with E-state index in [1.165, 1.54) is 6.42 Å². The molecule has 0 radical (unpaired) electrons. The number of hydrogen-bond acceptors (Lipinski definition) is 3. The standard InChI is InChI=1S/C14H26N2O/c1-11(2)8-13(16(4)5)9-15-10-14-7-6-12(3)17-14/h6-7,11,13,15H,8-10H2,1-5H3. The summed E-state index contributed by atoms with van der Waals surface area (Å²) in [5.41, 5.74) is 0. The van der Waals surface area contributed by atoms with Crippen molar-refractivity contribution in [2.75, 3.05) is 20.6 Å². The second kappa shape index (κ2) is 6.82. The molecule has 98 valence electrons. The summed E-state index contributed by atoms with van der Waals surface area (Å²) in [5.74, 6) is 2.73. The molecule has 0 spiro atoms. The molecule has 0 fully saturated rings. The van der Waals surface area contributed by atoms with Crippen LogP contribution in [0.25, 0.3) is 0 Å². The molecule has 3 nitrogen and oxygen atoms in total. The Labute approximate surface area is 105 Å². The van der Waals surface area contributed by atoms with E-state index < -0.39 is 0 Å². The Morgan fingerprint density at radius 1 is 1.29 bits per heavy atom. The lowest BCUT2D eigenvalue weighted by molar-refractivity contribution is 0.245. The summed E-state index contributed by atoms with van der Waals surface area (Å²) in [4.78, 5) is 2.29. The molecule has 0 amide bonds. The Kier molecular flexibility index (Phi) is 5.72. The van der Waals surface area contributed by atoms with Crippen LogP contribution < -0.4 is 5.32 Å². The Morgan fingerprint density at radius 3 is 2.47 bits per heavy atom. The van der Waals surface area contributed by atoms with Gasteiger partial charge < -0.3 is 14.6 Å². The maximum Gasteiger partial charge on any atom is 0.117 e. The third-order valence-electron chi connectivity index (χ3n) is 2.95. The molecule has 0 saturated carbocycles. The van der Waals surface area contributed by atoms with Gasteiger partial charge in [0.2, 0.25) is 0 Å². The van der Waals surface area contributed by atoms with Gasteiger partial charge in [-0.1, -0.05) is 13.8 Å². The zero-order valence-electron chi connectivity index (χ0n) is 11.8. The second-order valence-electron chi connectivity index (χ2n) is 5.39. The number of likely N-dealkylation sites (N-methyl/N-ethyl adjacent to an activating group) is 1. The fourth-order valence-electron chi connectivity index (χ4n) is 1.96. The highest BCUT2D eigenvalue weighted by atomic mass is 16.3. The van der Waals surface area contributed by atoms with Crippen LogP contribution in [0.1, 0.15) is 31.8 Å². The molecule has 1 unspecified atom stereocenters. The summed E-state index contributed by atoms with van der Waals surface area (Å²) in [7, 11) is 4.29. The van der Waals surface area contributed by atoms with Crippen LogP contribution in [-0.4, -0.2) is 31.6 Å². The lowest BCUT2D eigenvalue weighted by Crippen LogP contribution is -2.38. The highest BCUT2D eigenvalue weighted by Crippen LogP contribution is 2.09. The van der Waals surface area contributed by atoms with Crippen molar-refractivity contribution in [2.45, 2.75) is 39.8 Å². The minimum atomic E-state index is 0.589. The van der Waals surface area contributed by atoms with Crippen molar-refractivity contribution in [3.8, 4) is 0 Å². The predicted molar refractivity (Wildman–Crippen MR) is 72.1 cm³/mol. The SMILES string of the molecule is Cc1ccc(CNCC(CC(C)C)N(C)C)o1. The van der Waals surface area contributed by atoms with Gasteiger partial charge in [-0.15, -0.1) is 0 Å². The van der Waals surface area contributed by atoms with Gasteiger partial charge in [-0.25, -0.2) is 0 Å². The fourth-order valence-corrected chi connectivity index (χ4v) is 1.96. The van der Waals surface area contributed by atoms with Crippen molar-refractivity contribution in [1.29, 1.82) is 0 Å². The van der Waals surface area contributed by atoms with Gasteiger partial charge in [0.1, 0.15) is 11.5 Å². The van der Waals surface area contributed by atoms with E-state index in [4.69, 9.17) is 4.42 Å². The van der Waals surface area contributed by atoms with Crippen molar-refractivity contribution in [3.63, 3.8) is 0 Å². The molecule has 1 aromatic rings. The Balaban J connectivity index is 2.31. The maximum absolute atomic E-state index is 5.53. The van der Waals surface area contributed by atoms with E-state index in [0.717, 1.165) is 30.5 Å². The molecule has 0 bridgehead atoms. The molecule has 0 saturated heterocycles. The first kappa shape index (κ1) is 14.3. The summed E-state index contributed by atoms with van der Waals surface area (Å²) >= 11 is 0. The lowest BCUT2D eigenvalue weighted by Gasteiger charge is -2.26. The van der Waals surface area contributed by atoms with Crippen LogP contribution in [0.2, 0.25) is 0 Å². The average Bonchev–Trinajstić information content (AvgIpc) is 2.62. The first-order valence-electron chi connectivity index (χ1n) is 6.41. The highest BCUT2D eigenvalue weighted by molar-refractivity contribution is 5.05. The van der Waals surface area contributed by atoms with E-state index in [1.807, 2.05) is 19.1 Å². The molecule has 1 rings (SSSR count). The molecule has 0 aromatic carbocycles. The van der Waals surface area contributed by atoms with Gasteiger partial charge >= 0.3 is 0 Å². The maximum atomic E-state index is 5.53. The van der Waals surface area contributed by atoms with Crippen molar-refractivity contribution in [1.82, 2.24) is 10.2 Å². The molecular formula is C14H26N2O. The fraction of sp³-hybridized carbons (Fsp3) is 0.714. The molecule has 0 aliphatic rings. The van der Waals surface area contributed by atoms with Gasteiger partial charge in [0, 0.05) is 12.6 Å². The Morgan fingerprint density at radius 2 is 2.00 bits per heavy atom. The van der Waals surface area contributed by atoms with Crippen LogP contribution in [-0.2, 0) is 6.54 Å². The number of nitrogens with zero attached hydrogens (tertiary/aromatic N) is 1. The van der Waals surface area contributed by atoms with Crippen molar-refractivity contribution < 1.29 is 4.42 Å². The Hall–Kier alpha value is -0.800. The van der Waals surface area contributed by atoms with E-state index >= 15 is 0 Å². The average molecular weight is 238 g/mol. The summed E-state index contributed by atoms with van der Waals surface area (Å²) in [6.07, 6.45) is 1.22. The number of rotatable bonds is 7. The number of aryl methyl sites for hydroxylation is 1. The molecule has 3 heteroatoms.